The van der Waals surface area contributed by atoms with Crippen LogP contribution in [0.4, 0.5) is 11.6 Å². The molecule has 0 spiro atoms. The number of aliphatic hydroxyl groups excluding tert-OH is 2. The van der Waals surface area contributed by atoms with Gasteiger partial charge in [-0.05, 0) is 87.5 Å². The van der Waals surface area contributed by atoms with Crippen LogP contribution >= 0.6 is 22.7 Å². The predicted molar refractivity (Wildman–Crippen MR) is 332 cm³/mol. The normalized spacial score (nSPS) is 20.8. The molecule has 4 aliphatic rings. The molecule has 0 saturated carbocycles. The number of aryl methyl sites for hydroxylation is 2. The zero-order valence-electron chi connectivity index (χ0n) is 51.5. The fourth-order valence-electron chi connectivity index (χ4n) is 12.5. The minimum absolute atomic E-state index is 0.0670. The van der Waals surface area contributed by atoms with E-state index in [1.54, 1.807) is 43.0 Å². The second kappa shape index (κ2) is 29.0. The monoisotopic (exact) mass is 1230 g/mol. The van der Waals surface area contributed by atoms with Crippen molar-refractivity contribution >= 4 is 64.2 Å². The van der Waals surface area contributed by atoms with Gasteiger partial charge >= 0.3 is 0 Å². The molecule has 4 aliphatic heterocycles. The number of aromatic nitrogens is 4. The van der Waals surface area contributed by atoms with Crippen LogP contribution in [0.15, 0.2) is 80.7 Å². The number of thiazole rings is 2. The van der Waals surface area contributed by atoms with Crippen molar-refractivity contribution in [3.63, 3.8) is 0 Å². The van der Waals surface area contributed by atoms with Crippen LogP contribution in [0.3, 0.4) is 0 Å². The molecular formula is C64H84N10O11S2. The largest absolute Gasteiger partial charge is 0.391 e. The summed E-state index contributed by atoms with van der Waals surface area (Å²) < 4.78 is 22.4. The average Bonchev–Trinajstić information content (AvgIpc) is 2.49. The molecule has 0 aliphatic carbocycles. The van der Waals surface area contributed by atoms with Crippen molar-refractivity contribution in [1.29, 1.82) is 0 Å². The van der Waals surface area contributed by atoms with Gasteiger partial charge in [0.15, 0.2) is 29.4 Å². The lowest BCUT2D eigenvalue weighted by Gasteiger charge is -2.34. The molecule has 468 valence electrons. The number of anilines is 2. The number of amides is 4. The molecular weight excluding hydrogens is 1150 g/mol. The van der Waals surface area contributed by atoms with E-state index in [9.17, 15) is 34.2 Å². The number of rotatable bonds is 20. The van der Waals surface area contributed by atoms with Gasteiger partial charge in [-0.15, -0.1) is 22.7 Å². The minimum atomic E-state index is -0.792. The molecule has 4 saturated heterocycles. The molecule has 8 heterocycles. The van der Waals surface area contributed by atoms with Crippen molar-refractivity contribution in [3.05, 3.63) is 106 Å². The second-order valence-corrected chi connectivity index (χ2v) is 26.0. The molecule has 4 aromatic heterocycles. The van der Waals surface area contributed by atoms with Gasteiger partial charge in [0.25, 0.3) is 0 Å². The fourth-order valence-corrected chi connectivity index (χ4v) is 14.1. The van der Waals surface area contributed by atoms with Gasteiger partial charge in [0.1, 0.15) is 30.2 Å². The van der Waals surface area contributed by atoms with E-state index in [0.29, 0.717) is 42.2 Å². The van der Waals surface area contributed by atoms with Gasteiger partial charge < -0.3 is 63.8 Å². The predicted octanol–water partition coefficient (Wildman–Crippen LogP) is 8.62. The lowest BCUT2D eigenvalue weighted by atomic mass is 9.91. The Labute approximate surface area is 517 Å². The Morgan fingerprint density at radius 3 is 1.36 bits per heavy atom. The first-order valence-corrected chi connectivity index (χ1v) is 32.1. The van der Waals surface area contributed by atoms with Crippen LogP contribution in [0.2, 0.25) is 0 Å². The highest BCUT2D eigenvalue weighted by atomic mass is 32.1. The van der Waals surface area contributed by atoms with Gasteiger partial charge in [0.2, 0.25) is 23.6 Å². The first-order valence-electron chi connectivity index (χ1n) is 30.3. The number of nitrogens with one attached hydrogen (secondary N) is 2. The third-order valence-corrected chi connectivity index (χ3v) is 19.5. The van der Waals surface area contributed by atoms with Crippen LogP contribution < -0.4 is 20.4 Å². The second-order valence-electron chi connectivity index (χ2n) is 24.3. The lowest BCUT2D eigenvalue weighted by Crippen LogP contribution is -2.48. The zero-order valence-corrected chi connectivity index (χ0v) is 53.1. The molecule has 0 bridgehead atoms. The highest BCUT2D eigenvalue weighted by molar-refractivity contribution is 7.13. The van der Waals surface area contributed by atoms with Gasteiger partial charge in [0, 0.05) is 90.3 Å². The van der Waals surface area contributed by atoms with Gasteiger partial charge in [-0.3, -0.25) is 19.2 Å². The van der Waals surface area contributed by atoms with E-state index in [4.69, 9.17) is 18.5 Å². The SMILES string of the molecule is COC(OC)C1CCN(c2cc([C@H](C(=O)N3C[C@H](O)C[C@H]3C(=O)N[C@@H](C)c3ccc(-c4scnc4C)cc3)C(C)C)on2)CC1.Cc1ncsc1-c1ccc([C@H](C)NC(=O)[C@@H]2C[C@@H](O)CN2C(=O)[C@@H](c2cc(N3CCC(C=O)CC3)no2)C(C)C)cc1. The first kappa shape index (κ1) is 64.6. The molecule has 4 fully saturated rings. The number of carbonyl (C=O) groups is 5. The number of nitrogens with zero attached hydrogens (tertiary/aromatic N) is 8. The number of aldehydes is 1. The van der Waals surface area contributed by atoms with E-state index in [0.717, 1.165) is 88.5 Å². The number of ether oxygens (including phenoxy) is 2. The summed E-state index contributed by atoms with van der Waals surface area (Å²) in [6, 6.07) is 17.6. The summed E-state index contributed by atoms with van der Waals surface area (Å²) in [6.45, 7) is 18.7. The van der Waals surface area contributed by atoms with Crippen molar-refractivity contribution < 1.29 is 52.7 Å². The average molecular weight is 1230 g/mol. The van der Waals surface area contributed by atoms with Crippen molar-refractivity contribution in [1.82, 2.24) is 40.7 Å². The summed E-state index contributed by atoms with van der Waals surface area (Å²) in [5.41, 5.74) is 9.69. The standard InChI is InChI=1S/C33H45N5O6S.C31H39N5O5S/c1-19(2)29(27-16-28(36-44-27)37-13-11-24(12-14-37)33(42-5)43-6)32(41)38-17-25(39)15-26(38)31(40)35-20(3)22-7-9-23(10-8-22)30-21(4)34-18-45-30;1-18(2)28(26-14-27(34-41-26)35-11-9-21(16-37)10-12-35)31(40)36-15-24(38)13-25(36)30(39)33-19(3)22-5-7-23(8-6-22)29-20(4)32-17-42-29/h7-10,16,18-20,24-26,29,33,39H,11-15,17H2,1-6H3,(H,35,40);5-8,14,16-19,21,24-25,28,38H,9-13,15H2,1-4H3,(H,33,39)/t20-,25+,26-,29+;19-,24+,25-,28+/m00/s1. The summed E-state index contributed by atoms with van der Waals surface area (Å²) in [5, 5.41) is 35.8. The number of likely N-dealkylation sites (tertiary alicyclic amines) is 2. The number of methoxy groups -OCH3 is 2. The summed E-state index contributed by atoms with van der Waals surface area (Å²) in [7, 11) is 3.32. The number of hydrogen-bond acceptors (Lipinski definition) is 19. The molecule has 0 radical (unpaired) electrons. The molecule has 0 unspecified atom stereocenters. The van der Waals surface area contributed by atoms with Crippen LogP contribution in [-0.2, 0) is 33.4 Å². The maximum atomic E-state index is 14.1. The molecule has 23 heteroatoms. The Balaban J connectivity index is 0.000000208. The topological polar surface area (TPSA) is 259 Å². The maximum Gasteiger partial charge on any atom is 0.243 e. The van der Waals surface area contributed by atoms with Gasteiger partial charge in [-0.25, -0.2) is 9.97 Å². The Morgan fingerprint density at radius 2 is 1.01 bits per heavy atom. The highest BCUT2D eigenvalue weighted by Gasteiger charge is 2.46. The van der Waals surface area contributed by atoms with Gasteiger partial charge in [-0.2, -0.15) is 0 Å². The molecule has 8 atom stereocenters. The molecule has 87 heavy (non-hydrogen) atoms. The smallest absolute Gasteiger partial charge is 0.243 e. The Bertz CT molecular complexity index is 3250. The quantitative estimate of drug-likeness (QED) is 0.0412. The van der Waals surface area contributed by atoms with Crippen LogP contribution in [0.25, 0.3) is 20.9 Å². The summed E-state index contributed by atoms with van der Waals surface area (Å²) in [6.07, 6.45) is 2.84. The maximum absolute atomic E-state index is 14.1. The Kier molecular flexibility index (Phi) is 21.5. The summed E-state index contributed by atoms with van der Waals surface area (Å²) >= 11 is 3.19. The van der Waals surface area contributed by atoms with Crippen molar-refractivity contribution in [2.24, 2.45) is 23.7 Å². The molecule has 10 rings (SSSR count). The highest BCUT2D eigenvalue weighted by Crippen LogP contribution is 2.37. The van der Waals surface area contributed by atoms with E-state index in [2.05, 4.69) is 40.7 Å². The van der Waals surface area contributed by atoms with Crippen LogP contribution in [0.1, 0.15) is 138 Å². The van der Waals surface area contributed by atoms with Crippen LogP contribution in [-0.4, -0.2) is 154 Å². The lowest BCUT2D eigenvalue weighted by molar-refractivity contribution is -0.141. The van der Waals surface area contributed by atoms with Crippen molar-refractivity contribution in [2.45, 2.75) is 148 Å². The molecule has 2 aromatic carbocycles. The first-order chi connectivity index (χ1) is 41.8. The molecule has 6 aromatic rings. The van der Waals surface area contributed by atoms with Crippen LogP contribution in [0, 0.1) is 37.5 Å². The zero-order chi connectivity index (χ0) is 62.2. The molecule has 21 nitrogen and oxygen atoms in total. The van der Waals surface area contributed by atoms with Crippen LogP contribution in [0.5, 0.6) is 0 Å². The summed E-state index contributed by atoms with van der Waals surface area (Å²) in [5.74, 6) is -0.0313. The van der Waals surface area contributed by atoms with Crippen molar-refractivity contribution in [2.75, 3.05) is 63.3 Å². The van der Waals surface area contributed by atoms with E-state index in [1.165, 1.54) is 9.80 Å². The third kappa shape index (κ3) is 15.0. The molecule has 4 N–H and O–H groups in total. The number of aliphatic hydroxyl groups is 2. The van der Waals surface area contributed by atoms with E-state index in [1.807, 2.05) is 121 Å². The number of piperidine rings is 2. The Hall–Kier alpha value is -6.89. The third-order valence-electron chi connectivity index (χ3n) is 17.6. The van der Waals surface area contributed by atoms with Crippen molar-refractivity contribution in [3.8, 4) is 20.9 Å². The molecule has 4 amide bonds. The van der Waals surface area contributed by atoms with E-state index < -0.39 is 36.1 Å². The number of carbonyl (C=O) groups excluding carboxylic acids is 5. The number of benzene rings is 2. The Morgan fingerprint density at radius 1 is 0.621 bits per heavy atom. The minimum Gasteiger partial charge on any atom is -0.391 e. The van der Waals surface area contributed by atoms with Gasteiger partial charge in [-0.1, -0.05) is 86.5 Å². The van der Waals surface area contributed by atoms with E-state index >= 15 is 0 Å². The fraction of sp³-hybridized carbons (Fsp3) is 0.547. The van der Waals surface area contributed by atoms with E-state index in [-0.39, 0.29) is 85.7 Å². The summed E-state index contributed by atoms with van der Waals surface area (Å²) in [4.78, 5) is 84.3. The number of hydrogen-bond donors (Lipinski definition) is 4. The number of β-amino-alcohol motifs (C(OH)–C–C–N with tert-alkyl or cyclic N) is 2. The van der Waals surface area contributed by atoms with Gasteiger partial charge in [0.05, 0.1) is 56.5 Å².